The van der Waals surface area contributed by atoms with E-state index in [1.165, 1.54) is 16.4 Å². The Kier molecular flexibility index (Phi) is 4.60. The van der Waals surface area contributed by atoms with Crippen LogP contribution in [-0.4, -0.2) is 35.9 Å². The third-order valence-electron chi connectivity index (χ3n) is 3.86. The number of nitrogens with zero attached hydrogens (tertiary/aromatic N) is 1. The average molecular weight is 332 g/mol. The molecular formula is C14H18ClNO4S. The number of halogens is 1. The van der Waals surface area contributed by atoms with E-state index in [0.717, 1.165) is 25.3 Å². The molecule has 0 aromatic heterocycles. The van der Waals surface area contributed by atoms with Gasteiger partial charge in [-0.25, -0.2) is 13.2 Å². The maximum atomic E-state index is 12.8. The van der Waals surface area contributed by atoms with E-state index in [0.29, 0.717) is 0 Å². The minimum Gasteiger partial charge on any atom is -0.478 e. The lowest BCUT2D eigenvalue weighted by molar-refractivity contribution is 0.0697. The summed E-state index contributed by atoms with van der Waals surface area (Å²) in [7, 11) is -3.72. The van der Waals surface area contributed by atoms with Crippen LogP contribution in [0.1, 0.15) is 43.5 Å². The first-order valence-corrected chi connectivity index (χ1v) is 8.63. The Balaban J connectivity index is 2.48. The van der Waals surface area contributed by atoms with Crippen LogP contribution in [0.3, 0.4) is 0 Å². The molecule has 5 nitrogen and oxygen atoms in total. The normalized spacial score (nSPS) is 24.0. The number of carboxylic acid groups (broad SMARTS) is 1. The van der Waals surface area contributed by atoms with Gasteiger partial charge in [-0.15, -0.1) is 0 Å². The second-order valence-electron chi connectivity index (χ2n) is 5.41. The zero-order chi connectivity index (χ0) is 15.8. The molecule has 7 heteroatoms. The summed E-state index contributed by atoms with van der Waals surface area (Å²) in [4.78, 5) is 11.1. The summed E-state index contributed by atoms with van der Waals surface area (Å²) in [6.45, 7) is 3.75. The Morgan fingerprint density at radius 3 is 2.38 bits per heavy atom. The van der Waals surface area contributed by atoms with Gasteiger partial charge in [0, 0.05) is 12.1 Å². The van der Waals surface area contributed by atoms with Crippen molar-refractivity contribution >= 4 is 27.6 Å². The highest BCUT2D eigenvalue weighted by molar-refractivity contribution is 7.89. The van der Waals surface area contributed by atoms with E-state index in [1.807, 2.05) is 13.8 Å². The van der Waals surface area contributed by atoms with Gasteiger partial charge in [-0.2, -0.15) is 4.31 Å². The standard InChI is InChI=1S/C14H18ClNO4S/c1-9-4-3-5-10(2)16(9)21(19,20)11-6-7-13(15)12(8-11)14(17)18/h6-10H,3-5H2,1-2H3,(H,17,18)/t9-,10+. The number of carbonyl (C=O) groups is 1. The van der Waals surface area contributed by atoms with Gasteiger partial charge in [0.25, 0.3) is 0 Å². The molecule has 1 saturated heterocycles. The fourth-order valence-corrected chi connectivity index (χ4v) is 4.93. The van der Waals surface area contributed by atoms with Gasteiger partial charge in [0.2, 0.25) is 10.0 Å². The van der Waals surface area contributed by atoms with Crippen LogP contribution in [0, 0.1) is 0 Å². The first-order valence-electron chi connectivity index (χ1n) is 6.81. The molecule has 1 fully saturated rings. The molecule has 0 radical (unpaired) electrons. The lowest BCUT2D eigenvalue weighted by atomic mass is 10.0. The molecule has 0 unspecified atom stereocenters. The van der Waals surface area contributed by atoms with Crippen LogP contribution in [0.4, 0.5) is 0 Å². The lowest BCUT2D eigenvalue weighted by Crippen LogP contribution is -2.47. The minimum absolute atomic E-state index is 0.0232. The van der Waals surface area contributed by atoms with Crippen LogP contribution in [-0.2, 0) is 10.0 Å². The molecule has 1 aliphatic heterocycles. The van der Waals surface area contributed by atoms with Crippen LogP contribution in [0.15, 0.2) is 23.1 Å². The molecule has 1 aromatic carbocycles. The van der Waals surface area contributed by atoms with Crippen molar-refractivity contribution in [1.82, 2.24) is 4.31 Å². The molecule has 1 heterocycles. The van der Waals surface area contributed by atoms with Gasteiger partial charge < -0.3 is 5.11 Å². The van der Waals surface area contributed by atoms with Gasteiger partial charge in [0.05, 0.1) is 15.5 Å². The first-order chi connectivity index (χ1) is 9.75. The largest absolute Gasteiger partial charge is 0.478 e. The van der Waals surface area contributed by atoms with Crippen molar-refractivity contribution in [1.29, 1.82) is 0 Å². The Labute approximate surface area is 129 Å². The number of carboxylic acids is 1. The van der Waals surface area contributed by atoms with E-state index in [4.69, 9.17) is 16.7 Å². The maximum absolute atomic E-state index is 12.8. The van der Waals surface area contributed by atoms with Gasteiger partial charge in [0.1, 0.15) is 0 Å². The average Bonchev–Trinajstić information content (AvgIpc) is 2.38. The molecule has 0 saturated carbocycles. The zero-order valence-electron chi connectivity index (χ0n) is 11.9. The Morgan fingerprint density at radius 1 is 1.29 bits per heavy atom. The molecule has 0 bridgehead atoms. The highest BCUT2D eigenvalue weighted by Crippen LogP contribution is 2.31. The highest BCUT2D eigenvalue weighted by atomic mass is 35.5. The van der Waals surface area contributed by atoms with Gasteiger partial charge in [0.15, 0.2) is 0 Å². The number of hydrogen-bond donors (Lipinski definition) is 1. The van der Waals surface area contributed by atoms with Crippen LogP contribution in [0.25, 0.3) is 0 Å². The van der Waals surface area contributed by atoms with E-state index >= 15 is 0 Å². The summed E-state index contributed by atoms with van der Waals surface area (Å²) < 4.78 is 27.0. The molecule has 0 amide bonds. The van der Waals surface area contributed by atoms with E-state index in [1.54, 1.807) is 0 Å². The second kappa shape index (κ2) is 5.94. The smallest absolute Gasteiger partial charge is 0.337 e. The van der Waals surface area contributed by atoms with E-state index < -0.39 is 16.0 Å². The molecule has 116 valence electrons. The maximum Gasteiger partial charge on any atom is 0.337 e. The fourth-order valence-electron chi connectivity index (χ4n) is 2.82. The number of rotatable bonds is 3. The molecule has 1 N–H and O–H groups in total. The number of hydrogen-bond acceptors (Lipinski definition) is 3. The predicted octanol–water partition coefficient (Wildman–Crippen LogP) is 2.99. The summed E-state index contributed by atoms with van der Waals surface area (Å²) in [5.41, 5.74) is -0.199. The highest BCUT2D eigenvalue weighted by Gasteiger charge is 2.36. The molecule has 0 aliphatic carbocycles. The van der Waals surface area contributed by atoms with Gasteiger partial charge >= 0.3 is 5.97 Å². The molecule has 0 spiro atoms. The molecule has 1 aromatic rings. The van der Waals surface area contributed by atoms with Crippen LogP contribution in [0.2, 0.25) is 5.02 Å². The van der Waals surface area contributed by atoms with Gasteiger partial charge in [-0.05, 0) is 44.9 Å². The fraction of sp³-hybridized carbons (Fsp3) is 0.500. The molecule has 21 heavy (non-hydrogen) atoms. The van der Waals surface area contributed by atoms with Crippen LogP contribution >= 0.6 is 11.6 Å². The number of aromatic carboxylic acids is 1. The summed E-state index contributed by atoms with van der Waals surface area (Å²) >= 11 is 5.80. The summed E-state index contributed by atoms with van der Waals surface area (Å²) in [6.07, 6.45) is 2.61. The van der Waals surface area contributed by atoms with Crippen LogP contribution < -0.4 is 0 Å². The van der Waals surface area contributed by atoms with Crippen molar-refractivity contribution in [2.75, 3.05) is 0 Å². The molecular weight excluding hydrogens is 314 g/mol. The Morgan fingerprint density at radius 2 is 1.86 bits per heavy atom. The topological polar surface area (TPSA) is 74.7 Å². The quantitative estimate of drug-likeness (QED) is 0.924. The van der Waals surface area contributed by atoms with Gasteiger partial charge in [-0.3, -0.25) is 0 Å². The summed E-state index contributed by atoms with van der Waals surface area (Å²) in [6, 6.07) is 3.62. The van der Waals surface area contributed by atoms with Crippen molar-refractivity contribution in [3.63, 3.8) is 0 Å². The molecule has 2 atom stereocenters. The minimum atomic E-state index is -3.72. The third-order valence-corrected chi connectivity index (χ3v) is 6.31. The van der Waals surface area contributed by atoms with Crippen LogP contribution in [0.5, 0.6) is 0 Å². The summed E-state index contributed by atoms with van der Waals surface area (Å²) in [5, 5.41) is 9.11. The monoisotopic (exact) mass is 331 g/mol. The van der Waals surface area contributed by atoms with E-state index in [9.17, 15) is 13.2 Å². The third kappa shape index (κ3) is 3.07. The number of benzene rings is 1. The second-order valence-corrected chi connectivity index (χ2v) is 7.66. The zero-order valence-corrected chi connectivity index (χ0v) is 13.5. The lowest BCUT2D eigenvalue weighted by Gasteiger charge is -2.37. The SMILES string of the molecule is C[C@@H]1CCC[C@H](C)N1S(=O)(=O)c1ccc(Cl)c(C(=O)O)c1. The molecule has 1 aliphatic rings. The summed E-state index contributed by atoms with van der Waals surface area (Å²) in [5.74, 6) is -1.24. The Bertz CT molecular complexity index is 649. The molecule has 2 rings (SSSR count). The van der Waals surface area contributed by atoms with Crippen molar-refractivity contribution in [2.45, 2.75) is 50.1 Å². The van der Waals surface area contributed by atoms with Crippen molar-refractivity contribution in [3.05, 3.63) is 28.8 Å². The van der Waals surface area contributed by atoms with Crippen molar-refractivity contribution in [3.8, 4) is 0 Å². The van der Waals surface area contributed by atoms with E-state index in [2.05, 4.69) is 0 Å². The number of piperidine rings is 1. The number of sulfonamides is 1. The van der Waals surface area contributed by atoms with Crippen molar-refractivity contribution < 1.29 is 18.3 Å². The first kappa shape index (κ1) is 16.3. The van der Waals surface area contributed by atoms with Gasteiger partial charge in [-0.1, -0.05) is 18.0 Å². The van der Waals surface area contributed by atoms with Crippen molar-refractivity contribution in [2.24, 2.45) is 0 Å². The predicted molar refractivity (Wildman–Crippen MR) is 80.2 cm³/mol. The Hall–Kier alpha value is -1.11. The van der Waals surface area contributed by atoms with E-state index in [-0.39, 0.29) is 27.6 Å².